The van der Waals surface area contributed by atoms with E-state index < -0.39 is 17.4 Å². The number of hydrogen-bond donors (Lipinski definition) is 2. The number of amides is 1. The van der Waals surface area contributed by atoms with Crippen molar-refractivity contribution in [2.75, 3.05) is 6.61 Å². The molecule has 0 radical (unpaired) electrons. The minimum absolute atomic E-state index is 0.0864. The van der Waals surface area contributed by atoms with Gasteiger partial charge in [-0.25, -0.2) is 4.79 Å². The van der Waals surface area contributed by atoms with E-state index in [1.807, 2.05) is 6.92 Å². The van der Waals surface area contributed by atoms with E-state index in [4.69, 9.17) is 9.84 Å². The smallest absolute Gasteiger partial charge is 0.326 e. The first kappa shape index (κ1) is 11.4. The Morgan fingerprint density at radius 2 is 2.44 bits per heavy atom. The number of carbonyl (C=O) groups is 2. The molecule has 0 aromatic rings. The average molecular weight is 227 g/mol. The number of ether oxygens (including phenoxy) is 1. The van der Waals surface area contributed by atoms with Crippen molar-refractivity contribution in [1.82, 2.24) is 5.32 Å². The molecule has 3 atom stereocenters. The third kappa shape index (κ3) is 1.80. The van der Waals surface area contributed by atoms with Crippen LogP contribution in [0.1, 0.15) is 32.6 Å². The second-order valence-corrected chi connectivity index (χ2v) is 4.73. The molecule has 0 aromatic carbocycles. The van der Waals surface area contributed by atoms with Crippen LogP contribution < -0.4 is 5.32 Å². The first-order valence-electron chi connectivity index (χ1n) is 5.71. The summed E-state index contributed by atoms with van der Waals surface area (Å²) in [6.45, 7) is 2.57. The Morgan fingerprint density at radius 1 is 1.69 bits per heavy atom. The molecule has 2 aliphatic rings. The number of aliphatic carboxylic acids is 1. The van der Waals surface area contributed by atoms with Crippen molar-refractivity contribution in [3.8, 4) is 0 Å². The highest BCUT2D eigenvalue weighted by atomic mass is 16.5. The fraction of sp³-hybridized carbons (Fsp3) is 0.818. The van der Waals surface area contributed by atoms with Crippen LogP contribution in [0.25, 0.3) is 0 Å². The van der Waals surface area contributed by atoms with E-state index in [1.165, 1.54) is 0 Å². The molecule has 90 valence electrons. The summed E-state index contributed by atoms with van der Waals surface area (Å²) >= 11 is 0. The molecular weight excluding hydrogens is 210 g/mol. The van der Waals surface area contributed by atoms with E-state index >= 15 is 0 Å². The van der Waals surface area contributed by atoms with E-state index in [-0.39, 0.29) is 12.0 Å². The Morgan fingerprint density at radius 3 is 3.06 bits per heavy atom. The molecule has 1 amide bonds. The lowest BCUT2D eigenvalue weighted by Gasteiger charge is -2.39. The molecule has 0 saturated carbocycles. The van der Waals surface area contributed by atoms with Gasteiger partial charge < -0.3 is 15.2 Å². The number of rotatable bonds is 2. The summed E-state index contributed by atoms with van der Waals surface area (Å²) in [5, 5.41) is 11.7. The first-order valence-corrected chi connectivity index (χ1v) is 5.71. The maximum atomic E-state index is 11.4. The SMILES string of the molecule is CCC1CC2(CCO1)CC(=O)NC2C(=O)O. The predicted molar refractivity (Wildman–Crippen MR) is 55.9 cm³/mol. The van der Waals surface area contributed by atoms with Crippen molar-refractivity contribution in [1.29, 1.82) is 0 Å². The van der Waals surface area contributed by atoms with Crippen LogP contribution in [0, 0.1) is 5.41 Å². The molecular formula is C11H17NO4. The monoisotopic (exact) mass is 227 g/mol. The van der Waals surface area contributed by atoms with Crippen molar-refractivity contribution >= 4 is 11.9 Å². The van der Waals surface area contributed by atoms with Crippen LogP contribution in [0.2, 0.25) is 0 Å². The van der Waals surface area contributed by atoms with Crippen molar-refractivity contribution < 1.29 is 19.4 Å². The van der Waals surface area contributed by atoms with Crippen molar-refractivity contribution in [2.24, 2.45) is 5.41 Å². The van der Waals surface area contributed by atoms with Gasteiger partial charge in [0.15, 0.2) is 0 Å². The van der Waals surface area contributed by atoms with Gasteiger partial charge in [-0.15, -0.1) is 0 Å². The van der Waals surface area contributed by atoms with Gasteiger partial charge in [-0.2, -0.15) is 0 Å². The maximum Gasteiger partial charge on any atom is 0.326 e. The first-order chi connectivity index (χ1) is 7.57. The van der Waals surface area contributed by atoms with Gasteiger partial charge >= 0.3 is 5.97 Å². The average Bonchev–Trinajstić information content (AvgIpc) is 2.55. The molecule has 1 spiro atoms. The van der Waals surface area contributed by atoms with Crippen LogP contribution in [0.5, 0.6) is 0 Å². The molecule has 5 heteroatoms. The molecule has 0 aromatic heterocycles. The molecule has 2 fully saturated rings. The summed E-state index contributed by atoms with van der Waals surface area (Å²) in [5.74, 6) is -1.08. The number of carboxylic acids is 1. The van der Waals surface area contributed by atoms with Crippen LogP contribution in [-0.4, -0.2) is 35.7 Å². The van der Waals surface area contributed by atoms with Crippen molar-refractivity contribution in [2.45, 2.75) is 44.8 Å². The highest BCUT2D eigenvalue weighted by molar-refractivity contribution is 5.89. The van der Waals surface area contributed by atoms with Gasteiger partial charge in [0.25, 0.3) is 0 Å². The highest BCUT2D eigenvalue weighted by Crippen LogP contribution is 2.44. The van der Waals surface area contributed by atoms with Crippen molar-refractivity contribution in [3.63, 3.8) is 0 Å². The third-order valence-corrected chi connectivity index (χ3v) is 3.72. The second kappa shape index (κ2) is 4.05. The maximum absolute atomic E-state index is 11.4. The topological polar surface area (TPSA) is 75.6 Å². The number of hydrogen-bond acceptors (Lipinski definition) is 3. The highest BCUT2D eigenvalue weighted by Gasteiger charge is 2.52. The largest absolute Gasteiger partial charge is 0.480 e. The molecule has 2 aliphatic heterocycles. The van der Waals surface area contributed by atoms with Crippen LogP contribution in [0.15, 0.2) is 0 Å². The fourth-order valence-electron chi connectivity index (χ4n) is 2.84. The lowest BCUT2D eigenvalue weighted by molar-refractivity contribution is -0.145. The zero-order valence-corrected chi connectivity index (χ0v) is 9.36. The van der Waals surface area contributed by atoms with Crippen molar-refractivity contribution in [3.05, 3.63) is 0 Å². The van der Waals surface area contributed by atoms with Crippen LogP contribution in [0.4, 0.5) is 0 Å². The zero-order valence-electron chi connectivity index (χ0n) is 9.36. The van der Waals surface area contributed by atoms with E-state index in [2.05, 4.69) is 5.32 Å². The Kier molecular flexibility index (Phi) is 2.88. The van der Waals surface area contributed by atoms with Gasteiger partial charge in [-0.1, -0.05) is 6.92 Å². The summed E-state index contributed by atoms with van der Waals surface area (Å²) in [6, 6.07) is -0.738. The number of nitrogens with one attached hydrogen (secondary N) is 1. The fourth-order valence-corrected chi connectivity index (χ4v) is 2.84. The van der Waals surface area contributed by atoms with E-state index in [9.17, 15) is 9.59 Å². The lowest BCUT2D eigenvalue weighted by atomic mass is 9.71. The van der Waals surface area contributed by atoms with Gasteiger partial charge in [0, 0.05) is 18.4 Å². The normalized spacial score (nSPS) is 38.7. The summed E-state index contributed by atoms with van der Waals surface area (Å²) < 4.78 is 5.55. The minimum Gasteiger partial charge on any atom is -0.480 e. The Bertz CT molecular complexity index is 317. The van der Waals surface area contributed by atoms with Gasteiger partial charge in [0.1, 0.15) is 6.04 Å². The van der Waals surface area contributed by atoms with Gasteiger partial charge in [0.05, 0.1) is 6.10 Å². The molecule has 0 aliphatic carbocycles. The number of carbonyl (C=O) groups excluding carboxylic acids is 1. The Hall–Kier alpha value is -1.10. The van der Waals surface area contributed by atoms with Crippen LogP contribution >= 0.6 is 0 Å². The lowest BCUT2D eigenvalue weighted by Crippen LogP contribution is -2.48. The molecule has 0 bridgehead atoms. The summed E-state index contributed by atoms with van der Waals surface area (Å²) in [7, 11) is 0. The molecule has 3 unspecified atom stereocenters. The predicted octanol–water partition coefficient (Wildman–Crippen LogP) is 0.535. The molecule has 2 rings (SSSR count). The van der Waals surface area contributed by atoms with E-state index in [0.29, 0.717) is 25.9 Å². The van der Waals surface area contributed by atoms with Crippen LogP contribution in [-0.2, 0) is 14.3 Å². The quantitative estimate of drug-likeness (QED) is 0.721. The van der Waals surface area contributed by atoms with Gasteiger partial charge in [0.2, 0.25) is 5.91 Å². The summed E-state index contributed by atoms with van der Waals surface area (Å²) in [4.78, 5) is 22.6. The summed E-state index contributed by atoms with van der Waals surface area (Å²) in [5.41, 5.74) is -0.429. The van der Waals surface area contributed by atoms with Gasteiger partial charge in [-0.05, 0) is 19.3 Å². The molecule has 5 nitrogen and oxygen atoms in total. The molecule has 16 heavy (non-hydrogen) atoms. The number of carboxylic acid groups (broad SMARTS) is 1. The Balaban J connectivity index is 2.20. The van der Waals surface area contributed by atoms with Gasteiger partial charge in [-0.3, -0.25) is 4.79 Å². The second-order valence-electron chi connectivity index (χ2n) is 4.73. The zero-order chi connectivity index (χ0) is 11.8. The standard InChI is InChI=1S/C11H17NO4/c1-2-7-5-11(3-4-16-7)6-8(13)12-9(11)10(14)15/h7,9H,2-6H2,1H3,(H,12,13)(H,14,15). The minimum atomic E-state index is -0.928. The summed E-state index contributed by atoms with van der Waals surface area (Å²) in [6.07, 6.45) is 2.59. The van der Waals surface area contributed by atoms with E-state index in [1.54, 1.807) is 0 Å². The molecule has 2 heterocycles. The Labute approximate surface area is 94.2 Å². The molecule has 2 N–H and O–H groups in total. The van der Waals surface area contributed by atoms with E-state index in [0.717, 1.165) is 6.42 Å². The third-order valence-electron chi connectivity index (χ3n) is 3.72. The van der Waals surface area contributed by atoms with Crippen LogP contribution in [0.3, 0.4) is 0 Å². The molecule has 2 saturated heterocycles.